The number of carbonyl (C=O) groups is 2. The average molecular weight is 489 g/mol. The zero-order chi connectivity index (χ0) is 25.1. The van der Waals surface area contributed by atoms with Crippen LogP contribution in [0.5, 0.6) is 0 Å². The van der Waals surface area contributed by atoms with Crippen LogP contribution in [-0.4, -0.2) is 70.3 Å². The molecular weight excluding hydrogens is 456 g/mol. The van der Waals surface area contributed by atoms with E-state index in [1.807, 2.05) is 13.8 Å². The Labute approximate surface area is 204 Å². The molecule has 3 heterocycles. The molecule has 3 N–H and O–H groups in total. The van der Waals surface area contributed by atoms with Gasteiger partial charge in [-0.25, -0.2) is 14.9 Å². The fourth-order valence-corrected chi connectivity index (χ4v) is 4.35. The van der Waals surface area contributed by atoms with Gasteiger partial charge in [-0.2, -0.15) is 0 Å². The van der Waals surface area contributed by atoms with Gasteiger partial charge in [0, 0.05) is 18.5 Å². The number of thiophene rings is 1. The van der Waals surface area contributed by atoms with E-state index in [0.717, 1.165) is 11.3 Å². The van der Waals surface area contributed by atoms with Gasteiger partial charge >= 0.3 is 6.09 Å². The van der Waals surface area contributed by atoms with E-state index in [9.17, 15) is 14.7 Å². The summed E-state index contributed by atoms with van der Waals surface area (Å²) >= 11 is 1.36. The summed E-state index contributed by atoms with van der Waals surface area (Å²) in [5.41, 5.74) is 5.30. The molecule has 0 spiro atoms. The summed E-state index contributed by atoms with van der Waals surface area (Å²) in [7, 11) is 0. The van der Waals surface area contributed by atoms with Crippen molar-refractivity contribution in [2.75, 3.05) is 26.2 Å². The number of aliphatic hydroxyl groups is 1. The molecule has 0 saturated carbocycles. The SMILES string of the molecule is CCCN(OCC)C(=O)C1=Cc2sc(C#CC3(O)CN(C(=O)OC(C)(C)C)C3)cc2N=C(N)C1. The van der Waals surface area contributed by atoms with Crippen molar-refractivity contribution in [2.45, 2.75) is 58.7 Å². The number of hydrogen-bond donors (Lipinski definition) is 2. The Hall–Kier alpha value is -2.87. The van der Waals surface area contributed by atoms with Crippen molar-refractivity contribution >= 4 is 40.9 Å². The van der Waals surface area contributed by atoms with Gasteiger partial charge in [0.1, 0.15) is 11.4 Å². The van der Waals surface area contributed by atoms with Crippen molar-refractivity contribution in [3.63, 3.8) is 0 Å². The second kappa shape index (κ2) is 10.2. The molecule has 2 aliphatic heterocycles. The van der Waals surface area contributed by atoms with Crippen LogP contribution in [0.4, 0.5) is 10.5 Å². The number of fused-ring (bicyclic) bond motifs is 1. The Morgan fingerprint density at radius 1 is 1.35 bits per heavy atom. The number of nitrogens with two attached hydrogens (primary N) is 1. The van der Waals surface area contributed by atoms with Crippen LogP contribution in [0, 0.1) is 11.8 Å². The number of hydrogen-bond acceptors (Lipinski definition) is 8. The Morgan fingerprint density at radius 3 is 2.68 bits per heavy atom. The zero-order valence-corrected chi connectivity index (χ0v) is 21.1. The number of rotatable bonds is 5. The lowest BCUT2D eigenvalue weighted by Gasteiger charge is -2.43. The second-order valence-corrected chi connectivity index (χ2v) is 10.3. The van der Waals surface area contributed by atoms with Crippen LogP contribution in [0.3, 0.4) is 0 Å². The van der Waals surface area contributed by atoms with Crippen molar-refractivity contribution in [1.29, 1.82) is 0 Å². The number of β-amino-alcohol motifs (C(OH)–C–C–N with tert-alkyl or cyclic N) is 1. The molecule has 0 unspecified atom stereocenters. The fourth-order valence-electron chi connectivity index (χ4n) is 3.43. The number of hydroxylamine groups is 2. The molecule has 3 rings (SSSR count). The minimum atomic E-state index is -1.30. The van der Waals surface area contributed by atoms with Gasteiger partial charge in [-0.15, -0.1) is 11.3 Å². The average Bonchev–Trinajstić information content (AvgIpc) is 3.01. The number of ether oxygens (including phenoxy) is 1. The van der Waals surface area contributed by atoms with Crippen LogP contribution in [0.1, 0.15) is 57.2 Å². The van der Waals surface area contributed by atoms with Crippen molar-refractivity contribution in [2.24, 2.45) is 10.7 Å². The van der Waals surface area contributed by atoms with Gasteiger partial charge in [-0.1, -0.05) is 18.8 Å². The molecule has 2 amide bonds. The molecule has 0 aliphatic carbocycles. The van der Waals surface area contributed by atoms with Crippen LogP contribution in [-0.2, 0) is 14.4 Å². The summed E-state index contributed by atoms with van der Waals surface area (Å²) in [4.78, 5) is 37.9. The smallest absolute Gasteiger partial charge is 0.410 e. The minimum Gasteiger partial charge on any atom is -0.444 e. The number of amidine groups is 1. The van der Waals surface area contributed by atoms with Crippen molar-refractivity contribution in [3.8, 4) is 11.8 Å². The summed E-state index contributed by atoms with van der Waals surface area (Å²) in [6.07, 6.45) is 2.30. The number of amides is 2. The van der Waals surface area contributed by atoms with Gasteiger partial charge in [0.05, 0.1) is 35.1 Å². The molecule has 10 heteroatoms. The number of likely N-dealkylation sites (tertiary alicyclic amines) is 1. The molecule has 0 atom stereocenters. The molecule has 2 aliphatic rings. The van der Waals surface area contributed by atoms with Gasteiger partial charge in [-0.05, 0) is 46.3 Å². The molecule has 1 aromatic heterocycles. The van der Waals surface area contributed by atoms with Gasteiger partial charge in [0.25, 0.3) is 5.91 Å². The van der Waals surface area contributed by atoms with Crippen LogP contribution in [0.2, 0.25) is 0 Å². The predicted octanol–water partition coefficient (Wildman–Crippen LogP) is 3.05. The summed E-state index contributed by atoms with van der Waals surface area (Å²) in [6, 6.07) is 1.78. The molecular formula is C24H32N4O5S. The zero-order valence-electron chi connectivity index (χ0n) is 20.3. The van der Waals surface area contributed by atoms with Gasteiger partial charge < -0.3 is 20.5 Å². The third-order valence-corrected chi connectivity index (χ3v) is 5.86. The van der Waals surface area contributed by atoms with Crippen LogP contribution >= 0.6 is 11.3 Å². The molecule has 184 valence electrons. The molecule has 34 heavy (non-hydrogen) atoms. The molecule has 1 saturated heterocycles. The van der Waals surface area contributed by atoms with E-state index in [4.69, 9.17) is 15.3 Å². The minimum absolute atomic E-state index is 0.0777. The Bertz CT molecular complexity index is 1060. The summed E-state index contributed by atoms with van der Waals surface area (Å²) in [5, 5.41) is 12.0. The van der Waals surface area contributed by atoms with Crippen LogP contribution in [0.25, 0.3) is 6.08 Å². The highest BCUT2D eigenvalue weighted by Crippen LogP contribution is 2.35. The van der Waals surface area contributed by atoms with Crippen molar-refractivity contribution in [3.05, 3.63) is 21.4 Å². The lowest BCUT2D eigenvalue weighted by Crippen LogP contribution is -2.63. The van der Waals surface area contributed by atoms with Gasteiger partial charge in [-0.3, -0.25) is 9.63 Å². The third-order valence-electron chi connectivity index (χ3n) is 4.87. The Kier molecular flexibility index (Phi) is 7.70. The maximum absolute atomic E-state index is 13.0. The molecule has 0 radical (unpaired) electrons. The van der Waals surface area contributed by atoms with E-state index < -0.39 is 17.3 Å². The number of aliphatic imine (C=N–C) groups is 1. The highest BCUT2D eigenvalue weighted by molar-refractivity contribution is 7.14. The van der Waals surface area contributed by atoms with Gasteiger partial charge in [0.15, 0.2) is 5.60 Å². The summed E-state index contributed by atoms with van der Waals surface area (Å²) in [6.45, 7) is 10.2. The van der Waals surface area contributed by atoms with E-state index >= 15 is 0 Å². The van der Waals surface area contributed by atoms with E-state index in [-0.39, 0.29) is 25.4 Å². The molecule has 1 fully saturated rings. The summed E-state index contributed by atoms with van der Waals surface area (Å²) < 4.78 is 5.31. The fraction of sp³-hybridized carbons (Fsp3) is 0.542. The van der Waals surface area contributed by atoms with Crippen LogP contribution in [0.15, 0.2) is 16.6 Å². The highest BCUT2D eigenvalue weighted by Gasteiger charge is 2.44. The number of nitrogens with zero attached hydrogens (tertiary/aromatic N) is 3. The first kappa shape index (κ1) is 25.7. The number of carbonyl (C=O) groups excluding carboxylic acids is 2. The Morgan fingerprint density at radius 2 is 2.06 bits per heavy atom. The molecule has 9 nitrogen and oxygen atoms in total. The first-order chi connectivity index (χ1) is 15.9. The topological polar surface area (TPSA) is 118 Å². The lowest BCUT2D eigenvalue weighted by atomic mass is 9.95. The first-order valence-corrected chi connectivity index (χ1v) is 12.1. The highest BCUT2D eigenvalue weighted by atomic mass is 32.1. The Balaban J connectivity index is 1.75. The van der Waals surface area contributed by atoms with Crippen molar-refractivity contribution in [1.82, 2.24) is 9.96 Å². The molecule has 0 aromatic carbocycles. The first-order valence-electron chi connectivity index (χ1n) is 11.3. The van der Waals surface area contributed by atoms with E-state index in [2.05, 4.69) is 16.8 Å². The van der Waals surface area contributed by atoms with E-state index in [0.29, 0.717) is 35.1 Å². The maximum atomic E-state index is 13.0. The predicted molar refractivity (Wildman–Crippen MR) is 131 cm³/mol. The van der Waals surface area contributed by atoms with E-state index in [1.54, 1.807) is 32.9 Å². The summed E-state index contributed by atoms with van der Waals surface area (Å²) in [5.74, 6) is 5.92. The largest absolute Gasteiger partial charge is 0.444 e. The molecule has 0 bridgehead atoms. The quantitative estimate of drug-likeness (QED) is 0.486. The third kappa shape index (κ3) is 6.38. The molecule has 1 aromatic rings. The second-order valence-electron chi connectivity index (χ2n) is 9.25. The monoisotopic (exact) mass is 488 g/mol. The van der Waals surface area contributed by atoms with Crippen LogP contribution < -0.4 is 5.73 Å². The maximum Gasteiger partial charge on any atom is 0.410 e. The van der Waals surface area contributed by atoms with E-state index in [1.165, 1.54) is 21.3 Å². The lowest BCUT2D eigenvalue weighted by molar-refractivity contribution is -0.180. The standard InChI is InChI=1S/C24H32N4O5S/c1-6-10-28(32-7-2)21(29)16-11-19-18(26-20(25)12-16)13-17(34-19)8-9-24(31)14-27(15-24)22(30)33-23(3,4)5/h11,13,31H,6-7,10,12,14-15H2,1-5H3,(H2,25,26). The normalized spacial score (nSPS) is 16.7. The van der Waals surface area contributed by atoms with Crippen molar-refractivity contribution < 1.29 is 24.3 Å². The van der Waals surface area contributed by atoms with Gasteiger partial charge in [0.2, 0.25) is 0 Å².